The fourth-order valence-corrected chi connectivity index (χ4v) is 5.86. The maximum Gasteiger partial charge on any atom is 0.312 e. The van der Waals surface area contributed by atoms with Gasteiger partial charge in [-0.25, -0.2) is 0 Å². The van der Waals surface area contributed by atoms with Crippen molar-refractivity contribution in [3.05, 3.63) is 18.2 Å². The molecule has 6 nitrogen and oxygen atoms in total. The molecule has 0 heterocycles. The molecule has 1 atom stereocenters. The third kappa shape index (κ3) is 3.45. The van der Waals surface area contributed by atoms with E-state index in [1.54, 1.807) is 39.3 Å². The summed E-state index contributed by atoms with van der Waals surface area (Å²) < 4.78 is 16.1. The highest BCUT2D eigenvalue weighted by Gasteiger charge is 2.55. The largest absolute Gasteiger partial charge is 0.493 e. The zero-order valence-electron chi connectivity index (χ0n) is 16.8. The van der Waals surface area contributed by atoms with Crippen molar-refractivity contribution in [2.24, 2.45) is 23.2 Å². The Morgan fingerprint density at radius 2 is 1.57 bits per heavy atom. The summed E-state index contributed by atoms with van der Waals surface area (Å²) in [6, 6.07) is 5.14. The zero-order valence-corrected chi connectivity index (χ0v) is 16.8. The van der Waals surface area contributed by atoms with Crippen molar-refractivity contribution in [3.63, 3.8) is 0 Å². The topological polar surface area (TPSA) is 73.9 Å². The molecule has 1 amide bonds. The second-order valence-corrected chi connectivity index (χ2v) is 8.80. The second kappa shape index (κ2) is 7.30. The summed E-state index contributed by atoms with van der Waals surface area (Å²) in [5.74, 6) is 2.58. The molecule has 0 spiro atoms. The molecule has 1 unspecified atom stereocenters. The smallest absolute Gasteiger partial charge is 0.312 e. The molecule has 5 rings (SSSR count). The van der Waals surface area contributed by atoms with Crippen molar-refractivity contribution in [2.75, 3.05) is 19.5 Å². The Morgan fingerprint density at radius 3 is 2.11 bits per heavy atom. The number of carbonyl (C=O) groups excluding carboxylic acids is 2. The van der Waals surface area contributed by atoms with Gasteiger partial charge in [0, 0.05) is 11.8 Å². The van der Waals surface area contributed by atoms with Crippen molar-refractivity contribution in [3.8, 4) is 11.5 Å². The molecule has 4 aliphatic rings. The van der Waals surface area contributed by atoms with Crippen LogP contribution in [0.2, 0.25) is 0 Å². The maximum absolute atomic E-state index is 13.0. The van der Waals surface area contributed by atoms with E-state index in [4.69, 9.17) is 14.2 Å². The third-order valence-electron chi connectivity index (χ3n) is 6.78. The van der Waals surface area contributed by atoms with Gasteiger partial charge in [-0.2, -0.15) is 0 Å². The lowest BCUT2D eigenvalue weighted by Gasteiger charge is -2.55. The maximum atomic E-state index is 13.0. The molecule has 1 aromatic rings. The molecule has 1 N–H and O–H groups in total. The Kier molecular flexibility index (Phi) is 4.98. The van der Waals surface area contributed by atoms with Gasteiger partial charge in [-0.15, -0.1) is 0 Å². The quantitative estimate of drug-likeness (QED) is 0.752. The van der Waals surface area contributed by atoms with Crippen LogP contribution in [-0.4, -0.2) is 32.2 Å². The molecule has 6 heteroatoms. The first-order chi connectivity index (χ1) is 13.4. The van der Waals surface area contributed by atoms with E-state index in [-0.39, 0.29) is 17.3 Å². The third-order valence-corrected chi connectivity index (χ3v) is 6.78. The molecule has 4 bridgehead atoms. The highest BCUT2D eigenvalue weighted by molar-refractivity contribution is 5.95. The van der Waals surface area contributed by atoms with Crippen LogP contribution in [-0.2, 0) is 14.3 Å². The van der Waals surface area contributed by atoms with Gasteiger partial charge in [0.25, 0.3) is 5.91 Å². The first-order valence-electron chi connectivity index (χ1n) is 10.2. The van der Waals surface area contributed by atoms with Crippen molar-refractivity contribution in [1.29, 1.82) is 0 Å². The number of nitrogens with one attached hydrogen (secondary N) is 1. The second-order valence-electron chi connectivity index (χ2n) is 8.80. The Balaban J connectivity index is 1.39. The van der Waals surface area contributed by atoms with Crippen LogP contribution in [0.3, 0.4) is 0 Å². The lowest BCUT2D eigenvalue weighted by atomic mass is 9.49. The van der Waals surface area contributed by atoms with E-state index >= 15 is 0 Å². The van der Waals surface area contributed by atoms with Crippen LogP contribution >= 0.6 is 0 Å². The zero-order chi connectivity index (χ0) is 19.9. The van der Waals surface area contributed by atoms with E-state index in [1.165, 1.54) is 19.3 Å². The summed E-state index contributed by atoms with van der Waals surface area (Å²) >= 11 is 0. The predicted molar refractivity (Wildman–Crippen MR) is 104 cm³/mol. The molecule has 28 heavy (non-hydrogen) atoms. The van der Waals surface area contributed by atoms with Crippen LogP contribution < -0.4 is 14.8 Å². The monoisotopic (exact) mass is 387 g/mol. The average Bonchev–Trinajstić information content (AvgIpc) is 2.66. The molecular formula is C22H29NO5. The van der Waals surface area contributed by atoms with Crippen LogP contribution in [0, 0.1) is 23.2 Å². The first-order valence-corrected chi connectivity index (χ1v) is 10.2. The van der Waals surface area contributed by atoms with E-state index in [2.05, 4.69) is 5.32 Å². The first kappa shape index (κ1) is 19.1. The van der Waals surface area contributed by atoms with Gasteiger partial charge >= 0.3 is 5.97 Å². The minimum Gasteiger partial charge on any atom is -0.493 e. The number of ether oxygens (including phenoxy) is 3. The SMILES string of the molecule is COc1ccc(NC(=O)C(C)OC(=O)C23CC4CC(CC(C4)C2)C3)cc1OC. The Bertz CT molecular complexity index is 739. The number of hydrogen-bond donors (Lipinski definition) is 1. The van der Waals surface area contributed by atoms with Crippen LogP contribution in [0.5, 0.6) is 11.5 Å². The van der Waals surface area contributed by atoms with Gasteiger partial charge in [0.1, 0.15) is 0 Å². The molecule has 0 saturated heterocycles. The number of anilines is 1. The number of rotatable bonds is 6. The number of carbonyl (C=O) groups is 2. The molecule has 4 aliphatic carbocycles. The molecule has 152 valence electrons. The Labute approximate surface area is 165 Å². The number of benzene rings is 1. The minimum atomic E-state index is -0.839. The lowest BCUT2D eigenvalue weighted by Crippen LogP contribution is -2.51. The van der Waals surface area contributed by atoms with Crippen LogP contribution in [0.4, 0.5) is 5.69 Å². The molecular weight excluding hydrogens is 358 g/mol. The highest BCUT2D eigenvalue weighted by Crippen LogP contribution is 2.60. The Hall–Kier alpha value is -2.24. The van der Waals surface area contributed by atoms with Crippen LogP contribution in [0.1, 0.15) is 45.4 Å². The van der Waals surface area contributed by atoms with Gasteiger partial charge in [0.15, 0.2) is 17.6 Å². The predicted octanol–water partition coefficient (Wildman–Crippen LogP) is 3.79. The summed E-state index contributed by atoms with van der Waals surface area (Å²) in [4.78, 5) is 25.6. The minimum absolute atomic E-state index is 0.179. The van der Waals surface area contributed by atoms with Crippen LogP contribution in [0.15, 0.2) is 18.2 Å². The molecule has 4 fully saturated rings. The van der Waals surface area contributed by atoms with E-state index in [0.29, 0.717) is 34.9 Å². The highest BCUT2D eigenvalue weighted by atomic mass is 16.5. The van der Waals surface area contributed by atoms with E-state index < -0.39 is 6.10 Å². The van der Waals surface area contributed by atoms with Gasteiger partial charge in [-0.1, -0.05) is 0 Å². The normalized spacial score (nSPS) is 31.2. The summed E-state index contributed by atoms with van der Waals surface area (Å²) in [5.41, 5.74) is 0.215. The van der Waals surface area contributed by atoms with E-state index in [9.17, 15) is 9.59 Å². The van der Waals surface area contributed by atoms with Gasteiger partial charge in [0.2, 0.25) is 0 Å². The molecule has 0 aliphatic heterocycles. The van der Waals surface area contributed by atoms with E-state index in [0.717, 1.165) is 19.3 Å². The number of hydrogen-bond acceptors (Lipinski definition) is 5. The van der Waals surface area contributed by atoms with E-state index in [1.807, 2.05) is 0 Å². The number of amides is 1. The number of methoxy groups -OCH3 is 2. The number of esters is 1. The summed E-state index contributed by atoms with van der Waals surface area (Å²) in [6.45, 7) is 1.63. The summed E-state index contributed by atoms with van der Waals surface area (Å²) in [6.07, 6.45) is 5.76. The van der Waals surface area contributed by atoms with Gasteiger partial charge in [0.05, 0.1) is 19.6 Å². The fourth-order valence-electron chi connectivity index (χ4n) is 5.86. The molecule has 0 radical (unpaired) electrons. The van der Waals surface area contributed by atoms with Gasteiger partial charge in [-0.05, 0) is 75.3 Å². The molecule has 4 saturated carbocycles. The summed E-state index contributed by atoms with van der Waals surface area (Å²) in [7, 11) is 3.10. The van der Waals surface area contributed by atoms with Gasteiger partial charge in [-0.3, -0.25) is 9.59 Å². The molecule has 0 aromatic heterocycles. The Morgan fingerprint density at radius 1 is 1.00 bits per heavy atom. The van der Waals surface area contributed by atoms with Crippen molar-refractivity contribution < 1.29 is 23.8 Å². The summed E-state index contributed by atoms with van der Waals surface area (Å²) in [5, 5.41) is 2.80. The molecule has 1 aromatic carbocycles. The van der Waals surface area contributed by atoms with Crippen molar-refractivity contribution in [1.82, 2.24) is 0 Å². The standard InChI is InChI=1S/C22H29NO5/c1-13(20(24)23-17-4-5-18(26-2)19(9-17)27-3)28-21(25)22-10-14-6-15(11-22)8-16(7-14)12-22/h4-5,9,13-16H,6-8,10-12H2,1-3H3,(H,23,24). The van der Waals surface area contributed by atoms with Crippen LogP contribution in [0.25, 0.3) is 0 Å². The average molecular weight is 387 g/mol. The van der Waals surface area contributed by atoms with Crippen molar-refractivity contribution in [2.45, 2.75) is 51.6 Å². The lowest BCUT2D eigenvalue weighted by molar-refractivity contribution is -0.177. The van der Waals surface area contributed by atoms with Crippen molar-refractivity contribution >= 4 is 17.6 Å². The fraction of sp³-hybridized carbons (Fsp3) is 0.636. The van der Waals surface area contributed by atoms with Gasteiger partial charge < -0.3 is 19.5 Å².